The van der Waals surface area contributed by atoms with Crippen LogP contribution in [0.5, 0.6) is 11.5 Å². The zero-order chi connectivity index (χ0) is 28.1. The minimum Gasteiger partial charge on any atom is -0.493 e. The molecule has 1 aromatic heterocycles. The lowest BCUT2D eigenvalue weighted by atomic mass is 9.88. The van der Waals surface area contributed by atoms with Crippen LogP contribution < -0.4 is 20.3 Å². The van der Waals surface area contributed by atoms with E-state index in [-0.39, 0.29) is 24.0 Å². The first-order chi connectivity index (χ1) is 19.4. The van der Waals surface area contributed by atoms with Crippen molar-refractivity contribution in [1.82, 2.24) is 9.66 Å². The van der Waals surface area contributed by atoms with Gasteiger partial charge in [-0.15, -0.1) is 0 Å². The summed E-state index contributed by atoms with van der Waals surface area (Å²) >= 11 is 9.46. The number of benzene rings is 3. The molecule has 1 heterocycles. The van der Waals surface area contributed by atoms with Crippen LogP contribution in [0, 0.1) is 0 Å². The minimum atomic E-state index is -0.329. The van der Waals surface area contributed by atoms with E-state index in [0.29, 0.717) is 49.0 Å². The van der Waals surface area contributed by atoms with Gasteiger partial charge in [0.25, 0.3) is 11.5 Å². The molecule has 206 valence electrons. The molecule has 1 aliphatic rings. The maximum Gasteiger partial charge on any atom is 0.282 e. The third-order valence-electron chi connectivity index (χ3n) is 6.83. The molecule has 1 amide bonds. The number of methoxy groups -OCH3 is 1. The number of ether oxygens (including phenoxy) is 2. The summed E-state index contributed by atoms with van der Waals surface area (Å²) in [7, 11) is 1.52. The standard InChI is InChI=1S/C30H28BrClN4O4/c1-39-26-15-20(24(31)16-27(26)40-18-28(37)34-22-13-11-21(32)12-14-22)17-33-36-29(19-7-3-2-4-8-19)35-25-10-6-5-9-23(25)30(36)38/h5-6,9-17,19H,2-4,7-8,18H2,1H3,(H,34,37). The molecule has 0 saturated heterocycles. The summed E-state index contributed by atoms with van der Waals surface area (Å²) in [5.74, 6) is 1.33. The van der Waals surface area contributed by atoms with Gasteiger partial charge in [0, 0.05) is 26.7 Å². The number of amides is 1. The van der Waals surface area contributed by atoms with Gasteiger partial charge in [-0.05, 0) is 77.3 Å². The number of nitrogens with one attached hydrogen (secondary N) is 1. The monoisotopic (exact) mass is 622 g/mol. The number of rotatable bonds is 8. The second-order valence-corrected chi connectivity index (χ2v) is 10.8. The van der Waals surface area contributed by atoms with Crippen molar-refractivity contribution in [1.29, 1.82) is 0 Å². The van der Waals surface area contributed by atoms with E-state index < -0.39 is 0 Å². The molecule has 0 bridgehead atoms. The van der Waals surface area contributed by atoms with Crippen molar-refractivity contribution in [2.75, 3.05) is 19.0 Å². The zero-order valence-electron chi connectivity index (χ0n) is 21.9. The molecule has 0 unspecified atom stereocenters. The summed E-state index contributed by atoms with van der Waals surface area (Å²) in [4.78, 5) is 30.7. The molecule has 0 aliphatic heterocycles. The Kier molecular flexibility index (Phi) is 8.81. The molecule has 40 heavy (non-hydrogen) atoms. The van der Waals surface area contributed by atoms with Gasteiger partial charge in [0.2, 0.25) is 0 Å². The van der Waals surface area contributed by atoms with Crippen molar-refractivity contribution in [3.8, 4) is 11.5 Å². The van der Waals surface area contributed by atoms with Crippen molar-refractivity contribution in [2.45, 2.75) is 38.0 Å². The molecule has 1 fully saturated rings. The summed E-state index contributed by atoms with van der Waals surface area (Å²) in [6.07, 6.45) is 6.98. The molecule has 5 rings (SSSR count). The molecule has 10 heteroatoms. The number of nitrogens with zero attached hydrogens (tertiary/aromatic N) is 3. The summed E-state index contributed by atoms with van der Waals surface area (Å²) in [5, 5.41) is 8.48. The Labute approximate surface area is 245 Å². The molecule has 4 aromatic rings. The highest BCUT2D eigenvalue weighted by Gasteiger charge is 2.22. The van der Waals surface area contributed by atoms with Crippen LogP contribution >= 0.6 is 27.5 Å². The number of aromatic nitrogens is 2. The van der Waals surface area contributed by atoms with Crippen LogP contribution in [0.4, 0.5) is 5.69 Å². The van der Waals surface area contributed by atoms with Gasteiger partial charge in [0.15, 0.2) is 18.1 Å². The third-order valence-corrected chi connectivity index (χ3v) is 7.77. The van der Waals surface area contributed by atoms with E-state index >= 15 is 0 Å². The largest absolute Gasteiger partial charge is 0.493 e. The summed E-state index contributed by atoms with van der Waals surface area (Å²) in [6.45, 7) is -0.220. The predicted molar refractivity (Wildman–Crippen MR) is 161 cm³/mol. The number of fused-ring (bicyclic) bond motifs is 1. The number of para-hydroxylation sites is 1. The maximum absolute atomic E-state index is 13.5. The van der Waals surface area contributed by atoms with Crippen LogP contribution in [0.1, 0.15) is 49.4 Å². The van der Waals surface area contributed by atoms with E-state index in [1.54, 1.807) is 48.7 Å². The Morgan fingerprint density at radius 1 is 1.12 bits per heavy atom. The van der Waals surface area contributed by atoms with E-state index in [1.165, 1.54) is 18.2 Å². The van der Waals surface area contributed by atoms with Gasteiger partial charge < -0.3 is 14.8 Å². The van der Waals surface area contributed by atoms with Gasteiger partial charge in [-0.1, -0.05) is 43.0 Å². The van der Waals surface area contributed by atoms with Crippen molar-refractivity contribution in [3.63, 3.8) is 0 Å². The van der Waals surface area contributed by atoms with Crippen LogP contribution in [-0.4, -0.2) is 35.5 Å². The topological polar surface area (TPSA) is 94.8 Å². The Hall–Kier alpha value is -3.69. The van der Waals surface area contributed by atoms with Gasteiger partial charge in [0.1, 0.15) is 5.82 Å². The molecule has 1 N–H and O–H groups in total. The molecule has 3 aromatic carbocycles. The second-order valence-electron chi connectivity index (χ2n) is 9.55. The first-order valence-electron chi connectivity index (χ1n) is 13.0. The average molecular weight is 624 g/mol. The van der Waals surface area contributed by atoms with Crippen LogP contribution in [0.2, 0.25) is 5.02 Å². The Bertz CT molecular complexity index is 1620. The second kappa shape index (κ2) is 12.7. The van der Waals surface area contributed by atoms with Crippen molar-refractivity contribution in [2.24, 2.45) is 5.10 Å². The van der Waals surface area contributed by atoms with Crippen LogP contribution in [0.15, 0.2) is 75.0 Å². The van der Waals surface area contributed by atoms with Crippen LogP contribution in [0.3, 0.4) is 0 Å². The highest BCUT2D eigenvalue weighted by molar-refractivity contribution is 9.10. The van der Waals surface area contributed by atoms with E-state index in [9.17, 15) is 9.59 Å². The number of hydrogen-bond acceptors (Lipinski definition) is 6. The fraction of sp³-hybridized carbons (Fsp3) is 0.267. The molecule has 1 aliphatic carbocycles. The lowest BCUT2D eigenvalue weighted by molar-refractivity contribution is -0.118. The van der Waals surface area contributed by atoms with Crippen LogP contribution in [-0.2, 0) is 4.79 Å². The maximum atomic E-state index is 13.5. The third kappa shape index (κ3) is 6.37. The highest BCUT2D eigenvalue weighted by atomic mass is 79.9. The molecule has 0 spiro atoms. The molecule has 0 radical (unpaired) electrons. The van der Waals surface area contributed by atoms with E-state index in [2.05, 4.69) is 26.3 Å². The Morgan fingerprint density at radius 3 is 2.62 bits per heavy atom. The fourth-order valence-corrected chi connectivity index (χ4v) is 5.34. The smallest absolute Gasteiger partial charge is 0.282 e. The molecule has 0 atom stereocenters. The first-order valence-corrected chi connectivity index (χ1v) is 14.2. The van der Waals surface area contributed by atoms with Crippen molar-refractivity contribution < 1.29 is 14.3 Å². The van der Waals surface area contributed by atoms with Gasteiger partial charge in [-0.25, -0.2) is 4.98 Å². The van der Waals surface area contributed by atoms with Gasteiger partial charge >= 0.3 is 0 Å². The minimum absolute atomic E-state index is 0.177. The molecule has 8 nitrogen and oxygen atoms in total. The van der Waals surface area contributed by atoms with E-state index in [1.807, 2.05) is 18.2 Å². The average Bonchev–Trinajstić information content (AvgIpc) is 2.98. The lowest BCUT2D eigenvalue weighted by Gasteiger charge is -2.22. The number of carbonyl (C=O) groups is 1. The predicted octanol–water partition coefficient (Wildman–Crippen LogP) is 6.77. The van der Waals surface area contributed by atoms with Gasteiger partial charge in [-0.3, -0.25) is 9.59 Å². The SMILES string of the molecule is COc1cc(C=Nn2c(C3CCCCC3)nc3ccccc3c2=O)c(Br)cc1OCC(=O)Nc1ccc(Cl)cc1. The fourth-order valence-electron chi connectivity index (χ4n) is 4.79. The Balaban J connectivity index is 1.39. The van der Waals surface area contributed by atoms with Crippen molar-refractivity contribution in [3.05, 3.63) is 91.9 Å². The Morgan fingerprint density at radius 2 is 1.88 bits per heavy atom. The number of halogens is 2. The first kappa shape index (κ1) is 27.9. The quantitative estimate of drug-likeness (QED) is 0.219. The number of carbonyl (C=O) groups excluding carboxylic acids is 1. The van der Waals surface area contributed by atoms with E-state index in [0.717, 1.165) is 25.7 Å². The highest BCUT2D eigenvalue weighted by Crippen LogP contribution is 2.34. The molecular weight excluding hydrogens is 596 g/mol. The summed E-state index contributed by atoms with van der Waals surface area (Å²) in [5.41, 5.74) is 1.77. The molecule has 1 saturated carbocycles. The zero-order valence-corrected chi connectivity index (χ0v) is 24.2. The molecular formula is C30H28BrClN4O4. The van der Waals surface area contributed by atoms with Gasteiger partial charge in [-0.2, -0.15) is 9.78 Å². The van der Waals surface area contributed by atoms with Crippen LogP contribution in [0.25, 0.3) is 10.9 Å². The van der Waals surface area contributed by atoms with Gasteiger partial charge in [0.05, 0.1) is 24.2 Å². The van der Waals surface area contributed by atoms with Crippen molar-refractivity contribution >= 4 is 56.2 Å². The van der Waals surface area contributed by atoms with E-state index in [4.69, 9.17) is 26.1 Å². The normalized spacial score (nSPS) is 14.0. The number of anilines is 1. The number of hydrogen-bond donors (Lipinski definition) is 1. The lowest BCUT2D eigenvalue weighted by Crippen LogP contribution is -2.25. The summed E-state index contributed by atoms with van der Waals surface area (Å²) in [6, 6.07) is 17.6. The summed E-state index contributed by atoms with van der Waals surface area (Å²) < 4.78 is 13.4.